The topological polar surface area (TPSA) is 76.5 Å². The number of para-hydroxylation sites is 2. The summed E-state index contributed by atoms with van der Waals surface area (Å²) in [7, 11) is 0. The molecule has 0 fully saturated rings. The van der Waals surface area contributed by atoms with Crippen LogP contribution in [0.2, 0.25) is 5.02 Å². The van der Waals surface area contributed by atoms with Crippen LogP contribution in [0.4, 0.5) is 0 Å². The summed E-state index contributed by atoms with van der Waals surface area (Å²) < 4.78 is 7.55. The highest BCUT2D eigenvalue weighted by Crippen LogP contribution is 2.20. The number of ether oxygens (including phenoxy) is 1. The molecule has 0 spiro atoms. The lowest BCUT2D eigenvalue weighted by atomic mass is 10.1. The van der Waals surface area contributed by atoms with Crippen molar-refractivity contribution in [2.45, 2.75) is 58.7 Å². The molecule has 210 valence electrons. The van der Waals surface area contributed by atoms with Gasteiger partial charge in [0, 0.05) is 30.6 Å². The Morgan fingerprint density at radius 2 is 1.68 bits per heavy atom. The van der Waals surface area contributed by atoms with Gasteiger partial charge in [-0.15, -0.1) is 0 Å². The number of unbranched alkanes of at least 4 members (excludes halogenated alkanes) is 2. The van der Waals surface area contributed by atoms with E-state index >= 15 is 0 Å². The molecular weight excluding hydrogens is 524 g/mol. The van der Waals surface area contributed by atoms with E-state index in [-0.39, 0.29) is 31.0 Å². The Bertz CT molecular complexity index is 1390. The van der Waals surface area contributed by atoms with Gasteiger partial charge in [-0.3, -0.25) is 9.59 Å². The Labute approximate surface area is 241 Å². The summed E-state index contributed by atoms with van der Waals surface area (Å²) in [5.74, 6) is 1.45. The van der Waals surface area contributed by atoms with Crippen LogP contribution in [0.15, 0.2) is 78.9 Å². The van der Waals surface area contributed by atoms with Crippen molar-refractivity contribution < 1.29 is 14.3 Å². The Balaban J connectivity index is 1.28. The van der Waals surface area contributed by atoms with Crippen molar-refractivity contribution in [2.24, 2.45) is 0 Å². The molecule has 0 atom stereocenters. The minimum Gasteiger partial charge on any atom is -0.484 e. The van der Waals surface area contributed by atoms with Crippen molar-refractivity contribution in [2.75, 3.05) is 13.2 Å². The average molecular weight is 561 g/mol. The number of carbonyl (C=O) groups excluding carboxylic acids is 2. The van der Waals surface area contributed by atoms with Gasteiger partial charge in [-0.05, 0) is 68.7 Å². The monoisotopic (exact) mass is 560 g/mol. The standard InChI is InChI=1S/C32H37ClN4O3/c1-24(2)36(21-25-11-5-3-6-12-25)32(39)22-37-29-14-9-8-13-28(29)35-30(37)15-7-4-10-20-34-31(38)23-40-27-18-16-26(33)17-19-27/h3,5-6,8-9,11-14,16-19,24H,4,7,10,15,20-23H2,1-2H3,(H,34,38). The van der Waals surface area contributed by atoms with Gasteiger partial charge < -0.3 is 19.5 Å². The SMILES string of the molecule is CC(C)N(Cc1ccccc1)C(=O)Cn1c(CCCCCNC(=O)COc2ccc(Cl)cc2)nc2ccccc21. The van der Waals surface area contributed by atoms with E-state index in [1.807, 2.05) is 47.4 Å². The molecular formula is C32H37ClN4O3. The number of halogens is 1. The summed E-state index contributed by atoms with van der Waals surface area (Å²) >= 11 is 5.87. The van der Waals surface area contributed by atoms with E-state index in [4.69, 9.17) is 21.3 Å². The van der Waals surface area contributed by atoms with E-state index in [2.05, 4.69) is 35.9 Å². The molecule has 0 aliphatic carbocycles. The number of fused-ring (bicyclic) bond motifs is 1. The minimum absolute atomic E-state index is 0.0304. The number of nitrogens with one attached hydrogen (secondary N) is 1. The Morgan fingerprint density at radius 3 is 2.42 bits per heavy atom. The molecule has 0 saturated heterocycles. The Hall–Kier alpha value is -3.84. The Kier molecular flexibility index (Phi) is 10.6. The van der Waals surface area contributed by atoms with E-state index in [1.54, 1.807) is 24.3 Å². The zero-order valence-electron chi connectivity index (χ0n) is 23.2. The third-order valence-corrected chi connectivity index (χ3v) is 7.00. The van der Waals surface area contributed by atoms with Crippen molar-refractivity contribution in [1.82, 2.24) is 19.8 Å². The molecule has 4 aromatic rings. The first-order valence-corrected chi connectivity index (χ1v) is 14.2. The second-order valence-corrected chi connectivity index (χ2v) is 10.5. The quantitative estimate of drug-likeness (QED) is 0.191. The van der Waals surface area contributed by atoms with Gasteiger partial charge in [-0.25, -0.2) is 4.98 Å². The lowest BCUT2D eigenvalue weighted by Crippen LogP contribution is -2.38. The predicted octanol–water partition coefficient (Wildman–Crippen LogP) is 6.03. The number of rotatable bonds is 14. The lowest BCUT2D eigenvalue weighted by Gasteiger charge is -2.27. The summed E-state index contributed by atoms with van der Waals surface area (Å²) in [6, 6.07) is 25.1. The molecule has 1 N–H and O–H groups in total. The first-order chi connectivity index (χ1) is 19.4. The van der Waals surface area contributed by atoms with E-state index in [0.717, 1.165) is 48.1 Å². The second-order valence-electron chi connectivity index (χ2n) is 10.1. The van der Waals surface area contributed by atoms with Crippen LogP contribution < -0.4 is 10.1 Å². The maximum absolute atomic E-state index is 13.5. The van der Waals surface area contributed by atoms with Crippen molar-refractivity contribution in [3.05, 3.63) is 95.3 Å². The van der Waals surface area contributed by atoms with Crippen LogP contribution in [-0.4, -0.2) is 45.5 Å². The third-order valence-electron chi connectivity index (χ3n) is 6.75. The molecule has 40 heavy (non-hydrogen) atoms. The number of hydrogen-bond acceptors (Lipinski definition) is 4. The van der Waals surface area contributed by atoms with Crippen LogP contribution in [-0.2, 0) is 29.1 Å². The number of hydrogen-bond donors (Lipinski definition) is 1. The molecule has 0 unspecified atom stereocenters. The zero-order chi connectivity index (χ0) is 28.3. The highest BCUT2D eigenvalue weighted by molar-refractivity contribution is 6.30. The third kappa shape index (κ3) is 8.33. The molecule has 3 aromatic carbocycles. The molecule has 0 saturated carbocycles. The van der Waals surface area contributed by atoms with Gasteiger partial charge >= 0.3 is 0 Å². The molecule has 0 aliphatic rings. The summed E-state index contributed by atoms with van der Waals surface area (Å²) in [4.78, 5) is 32.4. The van der Waals surface area contributed by atoms with Crippen LogP contribution in [0.3, 0.4) is 0 Å². The molecule has 4 rings (SSSR count). The number of carbonyl (C=O) groups is 2. The maximum atomic E-state index is 13.5. The van der Waals surface area contributed by atoms with Crippen molar-refractivity contribution in [3.63, 3.8) is 0 Å². The van der Waals surface area contributed by atoms with Crippen LogP contribution >= 0.6 is 11.6 Å². The average Bonchev–Trinajstić information content (AvgIpc) is 3.30. The molecule has 1 aromatic heterocycles. The normalized spacial score (nSPS) is 11.1. The molecule has 1 heterocycles. The molecule has 2 amide bonds. The van der Waals surface area contributed by atoms with Gasteiger partial charge in [-0.1, -0.05) is 60.5 Å². The van der Waals surface area contributed by atoms with E-state index in [9.17, 15) is 9.59 Å². The predicted molar refractivity (Wildman–Crippen MR) is 159 cm³/mol. The van der Waals surface area contributed by atoms with Crippen LogP contribution in [0, 0.1) is 0 Å². The fourth-order valence-electron chi connectivity index (χ4n) is 4.60. The van der Waals surface area contributed by atoms with Gasteiger partial charge in [0.15, 0.2) is 6.61 Å². The van der Waals surface area contributed by atoms with Gasteiger partial charge in [0.05, 0.1) is 11.0 Å². The fourth-order valence-corrected chi connectivity index (χ4v) is 4.73. The summed E-state index contributed by atoms with van der Waals surface area (Å²) in [5.41, 5.74) is 2.99. The van der Waals surface area contributed by atoms with Crippen molar-refractivity contribution in [1.29, 1.82) is 0 Å². The first kappa shape index (κ1) is 29.2. The largest absolute Gasteiger partial charge is 0.484 e. The summed E-state index contributed by atoms with van der Waals surface area (Å²) in [6.07, 6.45) is 3.45. The van der Waals surface area contributed by atoms with E-state index in [1.165, 1.54) is 0 Å². The van der Waals surface area contributed by atoms with E-state index in [0.29, 0.717) is 23.9 Å². The molecule has 0 radical (unpaired) electrons. The van der Waals surface area contributed by atoms with Gasteiger partial charge in [-0.2, -0.15) is 0 Å². The van der Waals surface area contributed by atoms with Crippen molar-refractivity contribution in [3.8, 4) is 5.75 Å². The first-order valence-electron chi connectivity index (χ1n) is 13.8. The van der Waals surface area contributed by atoms with Crippen LogP contribution in [0.25, 0.3) is 11.0 Å². The van der Waals surface area contributed by atoms with E-state index < -0.39 is 0 Å². The highest BCUT2D eigenvalue weighted by atomic mass is 35.5. The van der Waals surface area contributed by atoms with Gasteiger partial charge in [0.25, 0.3) is 5.91 Å². The molecule has 0 bridgehead atoms. The number of amides is 2. The van der Waals surface area contributed by atoms with Gasteiger partial charge in [0.1, 0.15) is 18.1 Å². The number of nitrogens with zero attached hydrogens (tertiary/aromatic N) is 3. The highest BCUT2D eigenvalue weighted by Gasteiger charge is 2.20. The number of aryl methyl sites for hydroxylation is 1. The van der Waals surface area contributed by atoms with Crippen LogP contribution in [0.1, 0.15) is 44.5 Å². The Morgan fingerprint density at radius 1 is 0.950 bits per heavy atom. The second kappa shape index (κ2) is 14.5. The van der Waals surface area contributed by atoms with Gasteiger partial charge in [0.2, 0.25) is 5.91 Å². The smallest absolute Gasteiger partial charge is 0.257 e. The summed E-state index contributed by atoms with van der Waals surface area (Å²) in [6.45, 7) is 5.49. The summed E-state index contributed by atoms with van der Waals surface area (Å²) in [5, 5.41) is 3.53. The van der Waals surface area contributed by atoms with Crippen molar-refractivity contribution >= 4 is 34.4 Å². The molecule has 7 nitrogen and oxygen atoms in total. The fraction of sp³-hybridized carbons (Fsp3) is 0.344. The molecule has 8 heteroatoms. The number of aromatic nitrogens is 2. The van der Waals surface area contributed by atoms with Crippen LogP contribution in [0.5, 0.6) is 5.75 Å². The minimum atomic E-state index is -0.152. The zero-order valence-corrected chi connectivity index (χ0v) is 23.9. The number of imidazole rings is 1. The molecule has 0 aliphatic heterocycles. The maximum Gasteiger partial charge on any atom is 0.257 e. The number of benzene rings is 3. The lowest BCUT2D eigenvalue weighted by molar-refractivity contribution is -0.134.